The van der Waals surface area contributed by atoms with Gasteiger partial charge in [0, 0.05) is 10.4 Å². The number of methoxy groups -OCH3 is 2. The van der Waals surface area contributed by atoms with E-state index in [0.717, 1.165) is 34.9 Å². The third-order valence-electron chi connectivity index (χ3n) is 4.27. The summed E-state index contributed by atoms with van der Waals surface area (Å²) in [6.07, 6.45) is 5.07. The Labute approximate surface area is 146 Å². The molecule has 1 aliphatic rings. The first-order valence-electron chi connectivity index (χ1n) is 7.97. The molecule has 1 heterocycles. The average Bonchev–Trinajstić information content (AvgIpc) is 3.02. The fraction of sp³-hybridized carbons (Fsp3) is 0.368. The molecule has 1 aromatic carbocycles. The molecule has 0 saturated heterocycles. The highest BCUT2D eigenvalue weighted by Gasteiger charge is 2.21. The zero-order valence-corrected chi connectivity index (χ0v) is 14.9. The Hall–Kier alpha value is -2.32. The van der Waals surface area contributed by atoms with Crippen molar-refractivity contribution in [2.75, 3.05) is 14.2 Å². The van der Waals surface area contributed by atoms with Gasteiger partial charge >= 0.3 is 0 Å². The van der Waals surface area contributed by atoms with E-state index in [-0.39, 0.29) is 0 Å². The molecule has 0 spiro atoms. The van der Waals surface area contributed by atoms with Gasteiger partial charge < -0.3 is 9.47 Å². The summed E-state index contributed by atoms with van der Waals surface area (Å²) in [5.41, 5.74) is 2.54. The lowest BCUT2D eigenvalue weighted by atomic mass is 9.93. The van der Waals surface area contributed by atoms with Crippen LogP contribution in [0.2, 0.25) is 0 Å². The Bertz CT molecular complexity index is 817. The summed E-state index contributed by atoms with van der Waals surface area (Å²) in [4.78, 5) is 6.03. The van der Waals surface area contributed by atoms with Crippen molar-refractivity contribution in [2.45, 2.75) is 26.2 Å². The van der Waals surface area contributed by atoms with Crippen LogP contribution in [0.15, 0.2) is 18.2 Å². The van der Waals surface area contributed by atoms with Crippen molar-refractivity contribution in [3.63, 3.8) is 0 Å². The van der Waals surface area contributed by atoms with Gasteiger partial charge in [0.15, 0.2) is 0 Å². The number of hydrogen-bond donors (Lipinski definition) is 0. The van der Waals surface area contributed by atoms with Crippen molar-refractivity contribution in [3.8, 4) is 17.6 Å². The van der Waals surface area contributed by atoms with Crippen molar-refractivity contribution in [3.05, 3.63) is 39.3 Å². The highest BCUT2D eigenvalue weighted by atomic mass is 32.1. The van der Waals surface area contributed by atoms with E-state index in [0.29, 0.717) is 17.2 Å². The van der Waals surface area contributed by atoms with Gasteiger partial charge in [0.05, 0.1) is 25.5 Å². The first-order valence-corrected chi connectivity index (χ1v) is 8.79. The second-order valence-electron chi connectivity index (χ2n) is 6.01. The van der Waals surface area contributed by atoms with E-state index in [2.05, 4.69) is 13.0 Å². The zero-order chi connectivity index (χ0) is 17.1. The number of nitriles is 1. The summed E-state index contributed by atoms with van der Waals surface area (Å²) in [7, 11) is 3.24. The van der Waals surface area contributed by atoms with Gasteiger partial charge in [0.2, 0.25) is 0 Å². The Kier molecular flexibility index (Phi) is 4.86. The largest absolute Gasteiger partial charge is 0.497 e. The minimum Gasteiger partial charge on any atom is -0.497 e. The molecular formula is C19H20N2O2S. The highest BCUT2D eigenvalue weighted by Crippen LogP contribution is 2.34. The molecule has 0 aliphatic heterocycles. The summed E-state index contributed by atoms with van der Waals surface area (Å²) >= 11 is 1.64. The number of ether oxygens (including phenoxy) is 2. The zero-order valence-electron chi connectivity index (χ0n) is 14.1. The number of hydrogen-bond acceptors (Lipinski definition) is 5. The Morgan fingerprint density at radius 3 is 2.92 bits per heavy atom. The normalized spacial score (nSPS) is 17.1. The molecular weight excluding hydrogens is 320 g/mol. The van der Waals surface area contributed by atoms with E-state index < -0.39 is 0 Å². The van der Waals surface area contributed by atoms with Crippen LogP contribution in [0, 0.1) is 17.2 Å². The molecule has 0 radical (unpaired) electrons. The van der Waals surface area contributed by atoms with E-state index in [4.69, 9.17) is 14.5 Å². The monoisotopic (exact) mass is 340 g/mol. The van der Waals surface area contributed by atoms with Crippen molar-refractivity contribution in [1.29, 1.82) is 5.26 Å². The maximum absolute atomic E-state index is 9.62. The van der Waals surface area contributed by atoms with Gasteiger partial charge in [-0.2, -0.15) is 5.26 Å². The van der Waals surface area contributed by atoms with E-state index in [9.17, 15) is 5.26 Å². The minimum absolute atomic E-state index is 0.564. The number of benzene rings is 1. The summed E-state index contributed by atoms with van der Waals surface area (Å²) in [5.74, 6) is 2.13. The van der Waals surface area contributed by atoms with Gasteiger partial charge in [-0.05, 0) is 49.5 Å². The Morgan fingerprint density at radius 1 is 1.38 bits per heavy atom. The van der Waals surface area contributed by atoms with Crippen molar-refractivity contribution < 1.29 is 9.47 Å². The van der Waals surface area contributed by atoms with Crippen LogP contribution in [0.25, 0.3) is 11.6 Å². The molecule has 0 amide bonds. The van der Waals surface area contributed by atoms with E-state index >= 15 is 0 Å². The van der Waals surface area contributed by atoms with Crippen molar-refractivity contribution in [2.24, 2.45) is 5.92 Å². The molecule has 0 bridgehead atoms. The average molecular weight is 340 g/mol. The fourth-order valence-electron chi connectivity index (χ4n) is 2.90. The van der Waals surface area contributed by atoms with Crippen LogP contribution in [0.5, 0.6) is 11.5 Å². The molecule has 3 rings (SSSR count). The second kappa shape index (κ2) is 7.06. The SMILES string of the molecule is COc1ccc(OC)c(/C=C(\C#N)c2nc3c(s2)CC(C)CC3)c1. The molecule has 124 valence electrons. The standard InChI is InChI=1S/C19H20N2O2S/c1-12-4-6-16-18(8-12)24-19(21-16)14(11-20)9-13-10-15(22-2)5-7-17(13)23-3/h5,7,9-10,12H,4,6,8H2,1-3H3/b14-9+. The summed E-state index contributed by atoms with van der Waals surface area (Å²) in [6, 6.07) is 7.84. The molecule has 1 atom stereocenters. The fourth-order valence-corrected chi connectivity index (χ4v) is 4.14. The van der Waals surface area contributed by atoms with Crippen LogP contribution in [0.3, 0.4) is 0 Å². The van der Waals surface area contributed by atoms with E-state index in [1.165, 1.54) is 11.3 Å². The lowest BCUT2D eigenvalue weighted by molar-refractivity contribution is 0.402. The molecule has 1 aliphatic carbocycles. The van der Waals surface area contributed by atoms with Crippen LogP contribution in [-0.2, 0) is 12.8 Å². The first-order chi connectivity index (χ1) is 11.6. The Morgan fingerprint density at radius 2 is 2.21 bits per heavy atom. The highest BCUT2D eigenvalue weighted by molar-refractivity contribution is 7.13. The van der Waals surface area contributed by atoms with Gasteiger partial charge in [-0.15, -0.1) is 11.3 Å². The van der Waals surface area contributed by atoms with Crippen molar-refractivity contribution in [1.82, 2.24) is 4.98 Å². The predicted molar refractivity (Wildman–Crippen MR) is 96.3 cm³/mol. The maximum Gasteiger partial charge on any atom is 0.134 e. The van der Waals surface area contributed by atoms with Crippen LogP contribution in [-0.4, -0.2) is 19.2 Å². The third-order valence-corrected chi connectivity index (χ3v) is 5.43. The predicted octanol–water partition coefficient (Wildman–Crippen LogP) is 4.35. The summed E-state index contributed by atoms with van der Waals surface area (Å²) < 4.78 is 10.7. The third kappa shape index (κ3) is 3.29. The molecule has 4 nitrogen and oxygen atoms in total. The maximum atomic E-state index is 9.62. The van der Waals surface area contributed by atoms with Crippen LogP contribution >= 0.6 is 11.3 Å². The first kappa shape index (κ1) is 16.5. The number of thiazole rings is 1. The van der Waals surface area contributed by atoms with Crippen LogP contribution in [0.4, 0.5) is 0 Å². The summed E-state index contributed by atoms with van der Waals surface area (Å²) in [5, 5.41) is 10.4. The number of aryl methyl sites for hydroxylation is 1. The molecule has 2 aromatic rings. The smallest absolute Gasteiger partial charge is 0.134 e. The lowest BCUT2D eigenvalue weighted by Crippen LogP contribution is -2.09. The molecule has 0 fully saturated rings. The van der Waals surface area contributed by atoms with E-state index in [1.54, 1.807) is 25.6 Å². The lowest BCUT2D eigenvalue weighted by Gasteiger charge is -2.15. The molecule has 1 aromatic heterocycles. The quantitative estimate of drug-likeness (QED) is 0.777. The number of aromatic nitrogens is 1. The molecule has 5 heteroatoms. The number of rotatable bonds is 4. The summed E-state index contributed by atoms with van der Waals surface area (Å²) in [6.45, 7) is 2.27. The molecule has 1 unspecified atom stereocenters. The topological polar surface area (TPSA) is 55.1 Å². The number of fused-ring (bicyclic) bond motifs is 1. The Balaban J connectivity index is 2.00. The van der Waals surface area contributed by atoms with Gasteiger partial charge in [-0.3, -0.25) is 0 Å². The van der Waals surface area contributed by atoms with Gasteiger partial charge in [0.1, 0.15) is 22.6 Å². The van der Waals surface area contributed by atoms with Crippen LogP contribution < -0.4 is 9.47 Å². The van der Waals surface area contributed by atoms with Gasteiger partial charge in [-0.1, -0.05) is 6.92 Å². The van der Waals surface area contributed by atoms with Gasteiger partial charge in [0.25, 0.3) is 0 Å². The minimum atomic E-state index is 0.564. The van der Waals surface area contributed by atoms with E-state index in [1.807, 2.05) is 24.3 Å². The number of nitrogens with zero attached hydrogens (tertiary/aromatic N) is 2. The van der Waals surface area contributed by atoms with Crippen LogP contribution in [0.1, 0.15) is 34.5 Å². The molecule has 0 saturated carbocycles. The molecule has 0 N–H and O–H groups in total. The second-order valence-corrected chi connectivity index (χ2v) is 7.10. The van der Waals surface area contributed by atoms with Gasteiger partial charge in [-0.25, -0.2) is 4.98 Å². The number of allylic oxidation sites excluding steroid dienone is 1. The molecule has 24 heavy (non-hydrogen) atoms. The van der Waals surface area contributed by atoms with Crippen molar-refractivity contribution >= 4 is 23.0 Å².